The molecule has 0 atom stereocenters. The smallest absolute Gasteiger partial charge is 0.251 e. The van der Waals surface area contributed by atoms with Crippen molar-refractivity contribution in [3.8, 4) is 11.5 Å². The highest BCUT2D eigenvalue weighted by molar-refractivity contribution is 9.10. The van der Waals surface area contributed by atoms with Crippen molar-refractivity contribution < 1.29 is 12.8 Å². The third-order valence-electron chi connectivity index (χ3n) is 3.61. The first-order chi connectivity index (χ1) is 12.3. The van der Waals surface area contributed by atoms with Crippen LogP contribution in [-0.4, -0.2) is 41.6 Å². The van der Waals surface area contributed by atoms with Gasteiger partial charge in [0, 0.05) is 30.8 Å². The van der Waals surface area contributed by atoms with Crippen molar-refractivity contribution in [3.05, 3.63) is 63.3 Å². The number of rotatable bonds is 5. The molecule has 2 heterocycles. The average molecular weight is 439 g/mol. The molecular weight excluding hydrogens is 424 g/mol. The van der Waals surface area contributed by atoms with E-state index in [0.29, 0.717) is 5.89 Å². The summed E-state index contributed by atoms with van der Waals surface area (Å²) >= 11 is 3.41. The van der Waals surface area contributed by atoms with Crippen molar-refractivity contribution in [1.82, 2.24) is 19.1 Å². The van der Waals surface area contributed by atoms with Gasteiger partial charge in [-0.15, -0.1) is 10.2 Å². The van der Waals surface area contributed by atoms with E-state index >= 15 is 0 Å². The number of pyridine rings is 1. The molecule has 0 aliphatic heterocycles. The zero-order valence-electron chi connectivity index (χ0n) is 14.0. The molecule has 1 aromatic carbocycles. The van der Waals surface area contributed by atoms with Crippen molar-refractivity contribution in [2.45, 2.75) is 11.4 Å². The van der Waals surface area contributed by atoms with Gasteiger partial charge >= 0.3 is 0 Å². The Hall–Kier alpha value is -2.30. The van der Waals surface area contributed by atoms with Crippen molar-refractivity contribution >= 4 is 26.0 Å². The van der Waals surface area contributed by atoms with Crippen molar-refractivity contribution in [2.24, 2.45) is 0 Å². The molecule has 2 aromatic heterocycles. The number of halogens is 1. The number of nitrogens with zero attached hydrogens (tertiary/aromatic N) is 4. The maximum absolute atomic E-state index is 12.2. The average Bonchev–Trinajstić information content (AvgIpc) is 3.05. The molecule has 0 radical (unpaired) electrons. The van der Waals surface area contributed by atoms with Crippen LogP contribution in [0.1, 0.15) is 5.89 Å². The standard InChI is InChI=1S/C16H15BrN4O4S/c1-20(2)26(23,24)11-7-8-15(22)21(9-11)10-14-18-19-16(25-14)12-5-3-4-6-13(12)17/h3-9H,10H2,1-2H3. The number of sulfonamides is 1. The second-order valence-corrected chi connectivity index (χ2v) is 8.61. The molecule has 0 N–H and O–H groups in total. The Labute approximate surface area is 158 Å². The number of hydrogen-bond donors (Lipinski definition) is 0. The fourth-order valence-electron chi connectivity index (χ4n) is 2.20. The van der Waals surface area contributed by atoms with E-state index in [1.807, 2.05) is 24.3 Å². The summed E-state index contributed by atoms with van der Waals surface area (Å²) in [7, 11) is -0.804. The molecule has 0 fully saturated rings. The molecule has 0 amide bonds. The lowest BCUT2D eigenvalue weighted by molar-refractivity contribution is 0.481. The lowest BCUT2D eigenvalue weighted by Gasteiger charge is -2.12. The SMILES string of the molecule is CN(C)S(=O)(=O)c1ccc(=O)n(Cc2nnc(-c3ccccc3Br)o2)c1. The van der Waals surface area contributed by atoms with Crippen LogP contribution in [0.5, 0.6) is 0 Å². The summed E-state index contributed by atoms with van der Waals surface area (Å²) in [6.07, 6.45) is 1.26. The lowest BCUT2D eigenvalue weighted by Crippen LogP contribution is -2.26. The third-order valence-corrected chi connectivity index (χ3v) is 6.10. The molecule has 0 saturated heterocycles. The normalized spacial score (nSPS) is 11.8. The predicted octanol–water partition coefficient (Wildman–Crippen LogP) is 1.96. The van der Waals surface area contributed by atoms with Crippen LogP contribution in [-0.2, 0) is 16.6 Å². The van der Waals surface area contributed by atoms with Gasteiger partial charge in [-0.05, 0) is 34.1 Å². The van der Waals surface area contributed by atoms with Gasteiger partial charge in [-0.25, -0.2) is 12.7 Å². The minimum Gasteiger partial charge on any atom is -0.419 e. The predicted molar refractivity (Wildman–Crippen MR) is 98.1 cm³/mol. The van der Waals surface area contributed by atoms with Crippen LogP contribution in [0.25, 0.3) is 11.5 Å². The molecule has 26 heavy (non-hydrogen) atoms. The summed E-state index contributed by atoms with van der Waals surface area (Å²) < 4.78 is 33.2. The molecule has 0 unspecified atom stereocenters. The first-order valence-electron chi connectivity index (χ1n) is 7.49. The van der Waals surface area contributed by atoms with E-state index < -0.39 is 10.0 Å². The van der Waals surface area contributed by atoms with E-state index in [9.17, 15) is 13.2 Å². The van der Waals surface area contributed by atoms with Crippen LogP contribution in [0.4, 0.5) is 0 Å². The quantitative estimate of drug-likeness (QED) is 0.603. The van der Waals surface area contributed by atoms with Crippen LogP contribution < -0.4 is 5.56 Å². The van der Waals surface area contributed by atoms with Gasteiger partial charge in [-0.1, -0.05) is 12.1 Å². The molecule has 10 heteroatoms. The molecule has 0 spiro atoms. The summed E-state index contributed by atoms with van der Waals surface area (Å²) in [4.78, 5) is 12.1. The maximum Gasteiger partial charge on any atom is 0.251 e. The largest absolute Gasteiger partial charge is 0.419 e. The van der Waals surface area contributed by atoms with E-state index in [-0.39, 0.29) is 22.9 Å². The monoisotopic (exact) mass is 438 g/mol. The highest BCUT2D eigenvalue weighted by Crippen LogP contribution is 2.26. The van der Waals surface area contributed by atoms with Gasteiger partial charge in [0.25, 0.3) is 5.56 Å². The topological polar surface area (TPSA) is 98.3 Å². The Morgan fingerprint density at radius 2 is 1.88 bits per heavy atom. The van der Waals surface area contributed by atoms with E-state index in [1.165, 1.54) is 37.0 Å². The van der Waals surface area contributed by atoms with Crippen LogP contribution in [0.2, 0.25) is 0 Å². The van der Waals surface area contributed by atoms with E-state index in [1.54, 1.807) is 0 Å². The summed E-state index contributed by atoms with van der Waals surface area (Å²) in [5, 5.41) is 7.92. The van der Waals surface area contributed by atoms with Crippen molar-refractivity contribution in [2.75, 3.05) is 14.1 Å². The van der Waals surface area contributed by atoms with Crippen LogP contribution >= 0.6 is 15.9 Å². The molecule has 0 aliphatic carbocycles. The van der Waals surface area contributed by atoms with E-state index in [0.717, 1.165) is 14.3 Å². The van der Waals surface area contributed by atoms with E-state index in [4.69, 9.17) is 4.42 Å². The Bertz CT molecular complexity index is 1110. The first-order valence-corrected chi connectivity index (χ1v) is 9.72. The third kappa shape index (κ3) is 3.62. The van der Waals surface area contributed by atoms with Gasteiger partial charge in [0.15, 0.2) is 0 Å². The summed E-state index contributed by atoms with van der Waals surface area (Å²) in [6.45, 7) is -0.0346. The number of aromatic nitrogens is 3. The van der Waals surface area contributed by atoms with Gasteiger partial charge in [-0.2, -0.15) is 0 Å². The van der Waals surface area contributed by atoms with Gasteiger partial charge < -0.3 is 8.98 Å². The highest BCUT2D eigenvalue weighted by Gasteiger charge is 2.19. The second-order valence-electron chi connectivity index (χ2n) is 5.60. The van der Waals surface area contributed by atoms with Crippen LogP contribution in [0, 0.1) is 0 Å². The molecule has 0 aliphatic rings. The van der Waals surface area contributed by atoms with E-state index in [2.05, 4.69) is 26.1 Å². The molecule has 3 aromatic rings. The number of hydrogen-bond acceptors (Lipinski definition) is 6. The fraction of sp³-hybridized carbons (Fsp3) is 0.188. The molecule has 3 rings (SSSR count). The molecule has 136 valence electrons. The van der Waals surface area contributed by atoms with Gasteiger partial charge in [-0.3, -0.25) is 4.79 Å². The first kappa shape index (κ1) is 18.5. The fourth-order valence-corrected chi connectivity index (χ4v) is 3.58. The second kappa shape index (κ2) is 7.14. The van der Waals surface area contributed by atoms with Crippen molar-refractivity contribution in [1.29, 1.82) is 0 Å². The van der Waals surface area contributed by atoms with Gasteiger partial charge in [0.05, 0.1) is 10.5 Å². The lowest BCUT2D eigenvalue weighted by atomic mass is 10.2. The van der Waals surface area contributed by atoms with Crippen molar-refractivity contribution in [3.63, 3.8) is 0 Å². The minimum atomic E-state index is -3.65. The minimum absolute atomic E-state index is 0.00708. The highest BCUT2D eigenvalue weighted by atomic mass is 79.9. The Kier molecular flexibility index (Phi) is 5.08. The number of benzene rings is 1. The van der Waals surface area contributed by atoms with Gasteiger partial charge in [0.1, 0.15) is 6.54 Å². The molecule has 8 nitrogen and oxygen atoms in total. The zero-order chi connectivity index (χ0) is 18.9. The maximum atomic E-state index is 12.2. The molecular formula is C16H15BrN4O4S. The molecule has 0 saturated carbocycles. The molecule has 0 bridgehead atoms. The Balaban J connectivity index is 1.93. The van der Waals surface area contributed by atoms with Crippen LogP contribution in [0.15, 0.2) is 61.2 Å². The summed E-state index contributed by atoms with van der Waals surface area (Å²) in [5.74, 6) is 0.495. The Morgan fingerprint density at radius 1 is 1.15 bits per heavy atom. The summed E-state index contributed by atoms with van der Waals surface area (Å²) in [5.41, 5.74) is 0.353. The zero-order valence-corrected chi connectivity index (χ0v) is 16.4. The van der Waals surface area contributed by atoms with Gasteiger partial charge in [0.2, 0.25) is 21.8 Å². The Morgan fingerprint density at radius 3 is 2.58 bits per heavy atom. The van der Waals surface area contributed by atoms with Crippen LogP contribution in [0.3, 0.4) is 0 Å². The summed E-state index contributed by atoms with van der Waals surface area (Å²) in [6, 6.07) is 9.83.